The Morgan fingerprint density at radius 3 is 2.88 bits per heavy atom. The van der Waals surface area contributed by atoms with E-state index in [0.717, 1.165) is 5.56 Å². The van der Waals surface area contributed by atoms with Gasteiger partial charge in [-0.05, 0) is 36.2 Å². The van der Waals surface area contributed by atoms with Gasteiger partial charge in [-0.15, -0.1) is 0 Å². The number of aromatic nitrogens is 2. The lowest BCUT2D eigenvalue weighted by atomic mass is 10.0. The molecule has 2 heterocycles. The molecular weight excluding hydrogens is 309 g/mol. The number of hydrogen-bond acceptors (Lipinski definition) is 4. The summed E-state index contributed by atoms with van der Waals surface area (Å²) in [5, 5.41) is 10.6. The summed E-state index contributed by atoms with van der Waals surface area (Å²) in [5.41, 5.74) is 1.12. The van der Waals surface area contributed by atoms with Crippen molar-refractivity contribution in [1.29, 1.82) is 0 Å². The van der Waals surface area contributed by atoms with E-state index >= 15 is 0 Å². The number of nitrogens with zero attached hydrogens (tertiary/aromatic N) is 2. The molecule has 0 bridgehead atoms. The molecule has 2 atom stereocenters. The van der Waals surface area contributed by atoms with Crippen molar-refractivity contribution in [2.75, 3.05) is 11.4 Å². The first-order valence-corrected chi connectivity index (χ1v) is 7.81. The van der Waals surface area contributed by atoms with Crippen LogP contribution in [-0.2, 0) is 0 Å². The number of fused-ring (bicyclic) bond motifs is 1. The topological polar surface area (TPSA) is 69.2 Å². The molecule has 2 aromatic carbocycles. The maximum atomic E-state index is 13.6. The summed E-state index contributed by atoms with van der Waals surface area (Å²) in [6.07, 6.45) is -0.102. The van der Waals surface area contributed by atoms with Crippen molar-refractivity contribution in [3.63, 3.8) is 0 Å². The molecular formula is C18H16FN3O2. The van der Waals surface area contributed by atoms with Crippen molar-refractivity contribution in [1.82, 2.24) is 9.97 Å². The van der Waals surface area contributed by atoms with Crippen molar-refractivity contribution in [2.24, 2.45) is 0 Å². The molecule has 1 aliphatic heterocycles. The van der Waals surface area contributed by atoms with Crippen LogP contribution in [0.2, 0.25) is 0 Å². The van der Waals surface area contributed by atoms with E-state index in [1.165, 1.54) is 12.1 Å². The Labute approximate surface area is 137 Å². The summed E-state index contributed by atoms with van der Waals surface area (Å²) in [6, 6.07) is 13.2. The molecule has 0 amide bonds. The van der Waals surface area contributed by atoms with Gasteiger partial charge in [-0.25, -0.2) is 9.37 Å². The number of nitrogens with one attached hydrogen (secondary N) is 1. The number of β-amino-alcohol motifs (C(OH)–C–C–N with tert-alkyl or cyclic N) is 1. The quantitative estimate of drug-likeness (QED) is 0.759. The maximum Gasteiger partial charge on any atom is 0.260 e. The Bertz CT molecular complexity index is 956. The molecule has 4 rings (SSSR count). The number of benzene rings is 2. The summed E-state index contributed by atoms with van der Waals surface area (Å²) in [4.78, 5) is 21.4. The molecule has 24 heavy (non-hydrogen) atoms. The average Bonchev–Trinajstić information content (AvgIpc) is 2.97. The van der Waals surface area contributed by atoms with E-state index < -0.39 is 6.10 Å². The molecule has 3 aromatic rings. The third kappa shape index (κ3) is 2.55. The molecule has 1 aliphatic rings. The largest absolute Gasteiger partial charge is 0.391 e. The Morgan fingerprint density at radius 2 is 2.04 bits per heavy atom. The number of H-pyrrole nitrogens is 1. The van der Waals surface area contributed by atoms with Gasteiger partial charge in [0.15, 0.2) is 0 Å². The van der Waals surface area contributed by atoms with Gasteiger partial charge in [0.2, 0.25) is 5.95 Å². The monoisotopic (exact) mass is 325 g/mol. The van der Waals surface area contributed by atoms with Crippen LogP contribution < -0.4 is 10.5 Å². The van der Waals surface area contributed by atoms with E-state index in [0.29, 0.717) is 29.8 Å². The Morgan fingerprint density at radius 1 is 1.21 bits per heavy atom. The molecule has 5 nitrogen and oxygen atoms in total. The van der Waals surface area contributed by atoms with Gasteiger partial charge >= 0.3 is 0 Å². The fraction of sp³-hybridized carbons (Fsp3) is 0.222. The first-order valence-electron chi connectivity index (χ1n) is 7.81. The molecule has 0 aliphatic carbocycles. The van der Waals surface area contributed by atoms with Crippen molar-refractivity contribution in [3.8, 4) is 0 Å². The Kier molecular flexibility index (Phi) is 3.54. The van der Waals surface area contributed by atoms with Crippen LogP contribution in [0, 0.1) is 5.82 Å². The van der Waals surface area contributed by atoms with Crippen LogP contribution in [0.3, 0.4) is 0 Å². The second-order valence-electron chi connectivity index (χ2n) is 6.02. The van der Waals surface area contributed by atoms with E-state index in [-0.39, 0.29) is 17.4 Å². The molecule has 0 unspecified atom stereocenters. The Balaban J connectivity index is 1.80. The predicted octanol–water partition coefficient (Wildman–Crippen LogP) is 2.37. The van der Waals surface area contributed by atoms with Gasteiger partial charge in [0.25, 0.3) is 5.56 Å². The van der Waals surface area contributed by atoms with E-state index in [9.17, 15) is 14.3 Å². The van der Waals surface area contributed by atoms with Crippen LogP contribution in [0.5, 0.6) is 0 Å². The van der Waals surface area contributed by atoms with Crippen molar-refractivity contribution < 1.29 is 9.50 Å². The van der Waals surface area contributed by atoms with Crippen LogP contribution in [0.25, 0.3) is 10.9 Å². The molecule has 122 valence electrons. The van der Waals surface area contributed by atoms with Crippen molar-refractivity contribution in [2.45, 2.75) is 18.6 Å². The van der Waals surface area contributed by atoms with E-state index in [2.05, 4.69) is 9.97 Å². The maximum absolute atomic E-state index is 13.6. The number of anilines is 1. The normalized spacial score (nSPS) is 20.7. The summed E-state index contributed by atoms with van der Waals surface area (Å²) in [7, 11) is 0. The van der Waals surface area contributed by atoms with Crippen LogP contribution in [0.4, 0.5) is 10.3 Å². The minimum Gasteiger partial charge on any atom is -0.391 e. The van der Waals surface area contributed by atoms with Crippen LogP contribution >= 0.6 is 0 Å². The number of aliphatic hydroxyl groups is 1. The molecule has 1 aromatic heterocycles. The first-order chi connectivity index (χ1) is 11.6. The fourth-order valence-corrected chi connectivity index (χ4v) is 3.29. The van der Waals surface area contributed by atoms with Gasteiger partial charge in [0.1, 0.15) is 5.82 Å². The minimum atomic E-state index is -0.560. The van der Waals surface area contributed by atoms with Gasteiger partial charge in [0, 0.05) is 6.54 Å². The second-order valence-corrected chi connectivity index (χ2v) is 6.02. The highest BCUT2D eigenvalue weighted by Crippen LogP contribution is 2.34. The van der Waals surface area contributed by atoms with Gasteiger partial charge in [-0.2, -0.15) is 0 Å². The zero-order valence-electron chi connectivity index (χ0n) is 12.8. The van der Waals surface area contributed by atoms with Crippen molar-refractivity contribution >= 4 is 16.9 Å². The third-order valence-electron chi connectivity index (χ3n) is 4.38. The Hall–Kier alpha value is -2.73. The smallest absolute Gasteiger partial charge is 0.260 e. The second kappa shape index (κ2) is 5.72. The lowest BCUT2D eigenvalue weighted by Gasteiger charge is -2.25. The molecule has 0 spiro atoms. The molecule has 1 saturated heterocycles. The van der Waals surface area contributed by atoms with E-state index in [1.807, 2.05) is 17.0 Å². The molecule has 2 N–H and O–H groups in total. The van der Waals surface area contributed by atoms with Crippen molar-refractivity contribution in [3.05, 3.63) is 70.3 Å². The number of aliphatic hydroxyl groups excluding tert-OH is 1. The number of aromatic amines is 1. The van der Waals surface area contributed by atoms with Gasteiger partial charge < -0.3 is 10.0 Å². The lowest BCUT2D eigenvalue weighted by molar-refractivity contribution is 0.194. The van der Waals surface area contributed by atoms with Gasteiger partial charge in [-0.3, -0.25) is 9.78 Å². The minimum absolute atomic E-state index is 0.227. The predicted molar refractivity (Wildman–Crippen MR) is 89.5 cm³/mol. The summed E-state index contributed by atoms with van der Waals surface area (Å²) < 4.78 is 13.6. The SMILES string of the molecule is O=c1[nH]c(N2C[C@H](O)C[C@H]2c2cccc(F)c2)nc2ccccc12. The summed E-state index contributed by atoms with van der Waals surface area (Å²) in [6.45, 7) is 0.336. The highest BCUT2D eigenvalue weighted by atomic mass is 19.1. The number of halogens is 1. The summed E-state index contributed by atoms with van der Waals surface area (Å²) in [5.74, 6) is 0.0679. The average molecular weight is 325 g/mol. The lowest BCUT2D eigenvalue weighted by Crippen LogP contribution is -2.28. The standard InChI is InChI=1S/C18H16FN3O2/c19-12-5-3-4-11(8-12)16-9-13(23)10-22(16)18-20-15-7-2-1-6-14(15)17(24)21-18/h1-8,13,16,23H,9-10H2,(H,20,21,24)/t13-,16+/m1/s1. The zero-order valence-corrected chi connectivity index (χ0v) is 12.8. The van der Waals surface area contributed by atoms with Crippen LogP contribution in [0.1, 0.15) is 18.0 Å². The van der Waals surface area contributed by atoms with Crippen LogP contribution in [-0.4, -0.2) is 27.7 Å². The highest BCUT2D eigenvalue weighted by Gasteiger charge is 2.34. The first kappa shape index (κ1) is 14.8. The number of rotatable bonds is 2. The summed E-state index contributed by atoms with van der Waals surface area (Å²) >= 11 is 0. The molecule has 6 heteroatoms. The molecule has 1 fully saturated rings. The van der Waals surface area contributed by atoms with E-state index in [4.69, 9.17) is 0 Å². The molecule has 0 radical (unpaired) electrons. The zero-order chi connectivity index (χ0) is 16.7. The fourth-order valence-electron chi connectivity index (χ4n) is 3.29. The highest BCUT2D eigenvalue weighted by molar-refractivity contribution is 5.78. The third-order valence-corrected chi connectivity index (χ3v) is 4.38. The van der Waals surface area contributed by atoms with Gasteiger partial charge in [-0.1, -0.05) is 24.3 Å². The van der Waals surface area contributed by atoms with Crippen LogP contribution in [0.15, 0.2) is 53.3 Å². The van der Waals surface area contributed by atoms with E-state index in [1.54, 1.807) is 24.3 Å². The molecule has 0 saturated carbocycles. The number of para-hydroxylation sites is 1. The number of hydrogen-bond donors (Lipinski definition) is 2. The van der Waals surface area contributed by atoms with Gasteiger partial charge in [0.05, 0.1) is 23.0 Å².